The molecular weight excluding hydrogens is 228 g/mol. The van der Waals surface area contributed by atoms with Gasteiger partial charge in [-0.05, 0) is 13.0 Å². The van der Waals surface area contributed by atoms with Gasteiger partial charge in [-0.2, -0.15) is 0 Å². The molecule has 0 aromatic carbocycles. The molecule has 0 aliphatic rings. The van der Waals surface area contributed by atoms with Gasteiger partial charge in [0.05, 0.1) is 10.7 Å². The van der Waals surface area contributed by atoms with Gasteiger partial charge in [0, 0.05) is 17.3 Å². The van der Waals surface area contributed by atoms with E-state index in [2.05, 4.69) is 43.4 Å². The first-order valence-corrected chi connectivity index (χ1v) is 7.57. The summed E-state index contributed by atoms with van der Waals surface area (Å²) < 4.78 is 0. The Morgan fingerprint density at radius 2 is 2.00 bits per heavy atom. The Morgan fingerprint density at radius 1 is 1.24 bits per heavy atom. The Hall–Kier alpha value is -0.410. The lowest BCUT2D eigenvalue weighted by Crippen LogP contribution is -2.16. The van der Waals surface area contributed by atoms with E-state index in [-0.39, 0.29) is 5.41 Å². The van der Waals surface area contributed by atoms with Crippen molar-refractivity contribution in [1.29, 1.82) is 0 Å². The van der Waals surface area contributed by atoms with E-state index in [4.69, 9.17) is 0 Å². The number of thiazole rings is 1. The van der Waals surface area contributed by atoms with Crippen LogP contribution >= 0.6 is 11.3 Å². The lowest BCUT2D eigenvalue weighted by atomic mass is 9.98. The molecule has 0 saturated carbocycles. The molecule has 1 aromatic rings. The van der Waals surface area contributed by atoms with Crippen molar-refractivity contribution >= 4 is 11.3 Å². The van der Waals surface area contributed by atoms with Crippen molar-refractivity contribution in [3.05, 3.63) is 16.1 Å². The summed E-state index contributed by atoms with van der Waals surface area (Å²) >= 11 is 1.78. The van der Waals surface area contributed by atoms with Crippen LogP contribution in [0.4, 0.5) is 0 Å². The third-order valence-electron chi connectivity index (χ3n) is 2.71. The Balaban J connectivity index is 2.21. The monoisotopic (exact) mass is 254 g/mol. The van der Waals surface area contributed by atoms with Crippen molar-refractivity contribution in [1.82, 2.24) is 10.3 Å². The van der Waals surface area contributed by atoms with Crippen LogP contribution in [0.2, 0.25) is 0 Å². The standard InChI is InChI=1S/C14H26N2S/c1-5-6-7-8-9-15-10-12-11-17-13(16-12)14(2,3)4/h11,15H,5-10H2,1-4H3. The van der Waals surface area contributed by atoms with Crippen LogP contribution in [0.25, 0.3) is 0 Å². The molecule has 0 saturated heterocycles. The fourth-order valence-corrected chi connectivity index (χ4v) is 2.53. The Morgan fingerprint density at radius 3 is 2.59 bits per heavy atom. The Kier molecular flexibility index (Phi) is 6.14. The van der Waals surface area contributed by atoms with E-state index in [1.807, 2.05) is 0 Å². The number of hydrogen-bond donors (Lipinski definition) is 1. The molecule has 0 unspecified atom stereocenters. The lowest BCUT2D eigenvalue weighted by Gasteiger charge is -2.13. The molecule has 0 atom stereocenters. The van der Waals surface area contributed by atoms with Crippen molar-refractivity contribution in [2.24, 2.45) is 0 Å². The largest absolute Gasteiger partial charge is 0.311 e. The van der Waals surface area contributed by atoms with Gasteiger partial charge in [0.25, 0.3) is 0 Å². The minimum atomic E-state index is 0.185. The number of unbranched alkanes of at least 4 members (excludes halogenated alkanes) is 3. The second kappa shape index (κ2) is 7.12. The summed E-state index contributed by atoms with van der Waals surface area (Å²) in [6.45, 7) is 10.9. The molecule has 0 amide bonds. The quantitative estimate of drug-likeness (QED) is 0.741. The maximum absolute atomic E-state index is 4.67. The van der Waals surface area contributed by atoms with Crippen LogP contribution in [0.1, 0.15) is 64.1 Å². The molecular formula is C14H26N2S. The molecule has 1 aromatic heterocycles. The van der Waals surface area contributed by atoms with Crippen molar-refractivity contribution < 1.29 is 0 Å². The maximum atomic E-state index is 4.67. The molecule has 2 nitrogen and oxygen atoms in total. The summed E-state index contributed by atoms with van der Waals surface area (Å²) in [5, 5.41) is 6.89. The van der Waals surface area contributed by atoms with Gasteiger partial charge in [-0.3, -0.25) is 0 Å². The Bertz CT molecular complexity index is 312. The van der Waals surface area contributed by atoms with E-state index in [1.54, 1.807) is 11.3 Å². The summed E-state index contributed by atoms with van der Waals surface area (Å²) in [4.78, 5) is 4.67. The highest BCUT2D eigenvalue weighted by atomic mass is 32.1. The summed E-state index contributed by atoms with van der Waals surface area (Å²) in [5.74, 6) is 0. The first-order chi connectivity index (χ1) is 8.04. The zero-order valence-corrected chi connectivity index (χ0v) is 12.5. The third kappa shape index (κ3) is 5.64. The van der Waals surface area contributed by atoms with E-state index in [0.717, 1.165) is 13.1 Å². The highest BCUT2D eigenvalue weighted by Gasteiger charge is 2.17. The zero-order valence-electron chi connectivity index (χ0n) is 11.7. The number of rotatable bonds is 7. The van der Waals surface area contributed by atoms with Crippen molar-refractivity contribution in [2.45, 2.75) is 65.3 Å². The van der Waals surface area contributed by atoms with Gasteiger partial charge >= 0.3 is 0 Å². The molecule has 1 heterocycles. The van der Waals surface area contributed by atoms with Gasteiger partial charge < -0.3 is 5.32 Å². The number of hydrogen-bond acceptors (Lipinski definition) is 3. The van der Waals surface area contributed by atoms with Crippen LogP contribution < -0.4 is 5.32 Å². The number of aromatic nitrogens is 1. The molecule has 0 spiro atoms. The Labute approximate surface area is 110 Å². The van der Waals surface area contributed by atoms with Crippen molar-refractivity contribution in [3.8, 4) is 0 Å². The minimum Gasteiger partial charge on any atom is -0.311 e. The average molecular weight is 254 g/mol. The second-order valence-corrected chi connectivity index (χ2v) is 6.49. The second-order valence-electron chi connectivity index (χ2n) is 5.63. The predicted molar refractivity (Wildman–Crippen MR) is 76.7 cm³/mol. The lowest BCUT2D eigenvalue weighted by molar-refractivity contribution is 0.572. The van der Waals surface area contributed by atoms with E-state index < -0.39 is 0 Å². The maximum Gasteiger partial charge on any atom is 0.0982 e. The number of nitrogens with zero attached hydrogens (tertiary/aromatic N) is 1. The summed E-state index contributed by atoms with van der Waals surface area (Å²) in [5.41, 5.74) is 1.37. The first kappa shape index (κ1) is 14.7. The molecule has 0 radical (unpaired) electrons. The van der Waals surface area contributed by atoms with Crippen LogP contribution in [0, 0.1) is 0 Å². The topological polar surface area (TPSA) is 24.9 Å². The molecule has 0 fully saturated rings. The normalized spacial score (nSPS) is 12.0. The molecule has 1 N–H and O–H groups in total. The molecule has 0 bridgehead atoms. The molecule has 17 heavy (non-hydrogen) atoms. The fourth-order valence-electron chi connectivity index (χ4n) is 1.63. The zero-order chi connectivity index (χ0) is 12.7. The fraction of sp³-hybridized carbons (Fsp3) is 0.786. The molecule has 0 aliphatic carbocycles. The van der Waals surface area contributed by atoms with Gasteiger partial charge in [0.15, 0.2) is 0 Å². The SMILES string of the molecule is CCCCCCNCc1csc(C(C)(C)C)n1. The molecule has 0 aliphatic heterocycles. The predicted octanol–water partition coefficient (Wildman–Crippen LogP) is 4.11. The average Bonchev–Trinajstić information content (AvgIpc) is 2.71. The summed E-state index contributed by atoms with van der Waals surface area (Å²) in [7, 11) is 0. The van der Waals surface area contributed by atoms with E-state index in [9.17, 15) is 0 Å². The van der Waals surface area contributed by atoms with E-state index >= 15 is 0 Å². The van der Waals surface area contributed by atoms with Gasteiger partial charge in [-0.15, -0.1) is 11.3 Å². The highest BCUT2D eigenvalue weighted by molar-refractivity contribution is 7.09. The smallest absolute Gasteiger partial charge is 0.0982 e. The molecule has 3 heteroatoms. The van der Waals surface area contributed by atoms with Crippen LogP contribution in [0.5, 0.6) is 0 Å². The van der Waals surface area contributed by atoms with Crippen LogP contribution in [-0.2, 0) is 12.0 Å². The number of nitrogens with one attached hydrogen (secondary N) is 1. The van der Waals surface area contributed by atoms with Crippen LogP contribution in [0.3, 0.4) is 0 Å². The summed E-state index contributed by atoms with van der Waals surface area (Å²) in [6.07, 6.45) is 5.28. The van der Waals surface area contributed by atoms with E-state index in [0.29, 0.717) is 0 Å². The van der Waals surface area contributed by atoms with Gasteiger partial charge in [0.2, 0.25) is 0 Å². The van der Waals surface area contributed by atoms with Crippen molar-refractivity contribution in [3.63, 3.8) is 0 Å². The minimum absolute atomic E-state index is 0.185. The van der Waals surface area contributed by atoms with Gasteiger partial charge in [-0.25, -0.2) is 4.98 Å². The van der Waals surface area contributed by atoms with Gasteiger partial charge in [-0.1, -0.05) is 47.0 Å². The van der Waals surface area contributed by atoms with E-state index in [1.165, 1.54) is 36.4 Å². The highest BCUT2D eigenvalue weighted by Crippen LogP contribution is 2.25. The first-order valence-electron chi connectivity index (χ1n) is 6.69. The van der Waals surface area contributed by atoms with Crippen molar-refractivity contribution in [2.75, 3.05) is 6.54 Å². The molecule has 98 valence electrons. The summed E-state index contributed by atoms with van der Waals surface area (Å²) in [6, 6.07) is 0. The van der Waals surface area contributed by atoms with Crippen LogP contribution in [-0.4, -0.2) is 11.5 Å². The van der Waals surface area contributed by atoms with Gasteiger partial charge in [0.1, 0.15) is 0 Å². The van der Waals surface area contributed by atoms with Crippen LogP contribution in [0.15, 0.2) is 5.38 Å². The third-order valence-corrected chi connectivity index (χ3v) is 4.02. The molecule has 1 rings (SSSR count).